The lowest BCUT2D eigenvalue weighted by Crippen LogP contribution is -2.36. The molecule has 1 N–H and O–H groups in total. The van der Waals surface area contributed by atoms with Crippen LogP contribution < -0.4 is 14.4 Å². The van der Waals surface area contributed by atoms with Crippen LogP contribution in [-0.2, 0) is 4.74 Å². The van der Waals surface area contributed by atoms with E-state index in [1.807, 2.05) is 36.4 Å². The van der Waals surface area contributed by atoms with Gasteiger partial charge >= 0.3 is 0 Å². The molecule has 0 saturated carbocycles. The molecule has 0 atom stereocenters. The summed E-state index contributed by atoms with van der Waals surface area (Å²) in [6, 6.07) is 13.1. The van der Waals surface area contributed by atoms with Gasteiger partial charge < -0.3 is 24.2 Å². The van der Waals surface area contributed by atoms with Crippen molar-refractivity contribution in [1.82, 2.24) is 4.98 Å². The summed E-state index contributed by atoms with van der Waals surface area (Å²) >= 11 is 0. The Morgan fingerprint density at radius 3 is 2.56 bits per heavy atom. The average molecular weight is 366 g/mol. The van der Waals surface area contributed by atoms with E-state index in [4.69, 9.17) is 19.2 Å². The van der Waals surface area contributed by atoms with Crippen molar-refractivity contribution < 1.29 is 19.3 Å². The van der Waals surface area contributed by atoms with Crippen molar-refractivity contribution in [2.75, 3.05) is 45.4 Å². The summed E-state index contributed by atoms with van der Waals surface area (Å²) in [5.74, 6) is 1.57. The second kappa shape index (κ2) is 7.32. The molecule has 0 radical (unpaired) electrons. The van der Waals surface area contributed by atoms with E-state index >= 15 is 0 Å². The van der Waals surface area contributed by atoms with E-state index in [1.54, 1.807) is 20.3 Å². The van der Waals surface area contributed by atoms with Crippen LogP contribution in [0, 0.1) is 0 Å². The summed E-state index contributed by atoms with van der Waals surface area (Å²) in [6.45, 7) is 3.13. The second-order valence-electron chi connectivity index (χ2n) is 6.39. The Morgan fingerprint density at radius 2 is 1.81 bits per heavy atom. The maximum absolute atomic E-state index is 10.7. The zero-order valence-electron chi connectivity index (χ0n) is 15.4. The molecular formula is C21H22N2O4. The van der Waals surface area contributed by atoms with Crippen LogP contribution in [-0.4, -0.2) is 50.6 Å². The maximum atomic E-state index is 10.7. The highest BCUT2D eigenvalue weighted by atomic mass is 16.5. The van der Waals surface area contributed by atoms with Gasteiger partial charge in [-0.15, -0.1) is 0 Å². The molecule has 1 fully saturated rings. The molecule has 27 heavy (non-hydrogen) atoms. The molecule has 0 unspecified atom stereocenters. The number of nitrogens with zero attached hydrogens (tertiary/aromatic N) is 2. The van der Waals surface area contributed by atoms with Crippen LogP contribution in [0.15, 0.2) is 42.5 Å². The van der Waals surface area contributed by atoms with Gasteiger partial charge in [-0.1, -0.05) is 0 Å². The number of aromatic nitrogens is 1. The van der Waals surface area contributed by atoms with Crippen molar-refractivity contribution in [3.63, 3.8) is 0 Å². The minimum Gasteiger partial charge on any atom is -0.507 e. The first kappa shape index (κ1) is 17.4. The van der Waals surface area contributed by atoms with Crippen LogP contribution in [0.3, 0.4) is 0 Å². The van der Waals surface area contributed by atoms with Gasteiger partial charge in [-0.25, -0.2) is 4.98 Å². The van der Waals surface area contributed by atoms with Gasteiger partial charge in [-0.3, -0.25) is 0 Å². The minimum atomic E-state index is 0.190. The molecule has 4 rings (SSSR count). The van der Waals surface area contributed by atoms with Gasteiger partial charge in [0.25, 0.3) is 0 Å². The lowest BCUT2D eigenvalue weighted by Gasteiger charge is -2.29. The first-order valence-electron chi connectivity index (χ1n) is 8.88. The highest BCUT2D eigenvalue weighted by molar-refractivity contribution is 5.91. The van der Waals surface area contributed by atoms with E-state index in [9.17, 15) is 5.11 Å². The number of benzene rings is 2. The lowest BCUT2D eigenvalue weighted by atomic mass is 10.1. The van der Waals surface area contributed by atoms with Gasteiger partial charge in [-0.05, 0) is 36.4 Å². The van der Waals surface area contributed by atoms with Crippen molar-refractivity contribution >= 4 is 16.6 Å². The van der Waals surface area contributed by atoms with Crippen LogP contribution >= 0.6 is 0 Å². The molecule has 0 aliphatic carbocycles. The summed E-state index contributed by atoms with van der Waals surface area (Å²) in [6.07, 6.45) is 0. The van der Waals surface area contributed by atoms with E-state index in [1.165, 1.54) is 0 Å². The van der Waals surface area contributed by atoms with E-state index in [2.05, 4.69) is 4.90 Å². The highest BCUT2D eigenvalue weighted by Crippen LogP contribution is 2.37. The van der Waals surface area contributed by atoms with Gasteiger partial charge in [0.2, 0.25) is 0 Å². The van der Waals surface area contributed by atoms with Gasteiger partial charge in [0.15, 0.2) is 0 Å². The molecule has 1 aliphatic heterocycles. The van der Waals surface area contributed by atoms with E-state index in [0.717, 1.165) is 48.5 Å². The Labute approximate surface area is 157 Å². The number of methoxy groups -OCH3 is 2. The van der Waals surface area contributed by atoms with Gasteiger partial charge in [-0.2, -0.15) is 0 Å². The molecule has 0 bridgehead atoms. The van der Waals surface area contributed by atoms with Crippen LogP contribution in [0.5, 0.6) is 17.2 Å². The first-order valence-corrected chi connectivity index (χ1v) is 8.88. The van der Waals surface area contributed by atoms with Crippen LogP contribution in [0.25, 0.3) is 22.2 Å². The zero-order chi connectivity index (χ0) is 18.8. The lowest BCUT2D eigenvalue weighted by molar-refractivity contribution is 0.122. The minimum absolute atomic E-state index is 0.190. The number of anilines is 1. The van der Waals surface area contributed by atoms with Crippen molar-refractivity contribution in [2.45, 2.75) is 0 Å². The quantitative estimate of drug-likeness (QED) is 0.763. The molecule has 6 nitrogen and oxygen atoms in total. The standard InChI is InChI=1S/C21H22N2O4/c1-25-15-4-6-21(26-2)17(12-15)19-13-20(24)16-11-14(3-5-18(16)22-19)23-7-9-27-10-8-23/h3-6,11-13H,7-10H2,1-2H3,(H,22,24). The normalized spacial score (nSPS) is 14.4. The summed E-state index contributed by atoms with van der Waals surface area (Å²) in [7, 11) is 3.23. The smallest absolute Gasteiger partial charge is 0.128 e. The average Bonchev–Trinajstić information content (AvgIpc) is 2.73. The Hall–Kier alpha value is -2.99. The predicted octanol–water partition coefficient (Wildman–Crippen LogP) is 3.46. The molecule has 1 saturated heterocycles. The fourth-order valence-electron chi connectivity index (χ4n) is 3.37. The van der Waals surface area contributed by atoms with Crippen LogP contribution in [0.1, 0.15) is 0 Å². The number of hydrogen-bond donors (Lipinski definition) is 1. The Bertz CT molecular complexity index is 968. The van der Waals surface area contributed by atoms with Crippen molar-refractivity contribution in [1.29, 1.82) is 0 Å². The third-order valence-electron chi connectivity index (χ3n) is 4.83. The van der Waals surface area contributed by atoms with E-state index in [-0.39, 0.29) is 5.75 Å². The third kappa shape index (κ3) is 3.36. The first-order chi connectivity index (χ1) is 13.2. The van der Waals surface area contributed by atoms with Gasteiger partial charge in [0.1, 0.15) is 17.2 Å². The fraction of sp³-hybridized carbons (Fsp3) is 0.286. The fourth-order valence-corrected chi connectivity index (χ4v) is 3.37. The molecule has 3 aromatic rings. The molecule has 1 aromatic heterocycles. The molecular weight excluding hydrogens is 344 g/mol. The zero-order valence-corrected chi connectivity index (χ0v) is 15.4. The second-order valence-corrected chi connectivity index (χ2v) is 6.39. The summed E-state index contributed by atoms with van der Waals surface area (Å²) in [4.78, 5) is 6.99. The topological polar surface area (TPSA) is 64.0 Å². The number of fused-ring (bicyclic) bond motifs is 1. The highest BCUT2D eigenvalue weighted by Gasteiger charge is 2.15. The van der Waals surface area contributed by atoms with Crippen LogP contribution in [0.2, 0.25) is 0 Å². The summed E-state index contributed by atoms with van der Waals surface area (Å²) in [5.41, 5.74) is 3.20. The molecule has 6 heteroatoms. The van der Waals surface area contributed by atoms with Crippen molar-refractivity contribution in [2.24, 2.45) is 0 Å². The molecule has 0 spiro atoms. The SMILES string of the molecule is COc1ccc(OC)c(-c2cc(O)c3cc(N4CCOCC4)ccc3n2)c1. The molecule has 140 valence electrons. The molecule has 1 aliphatic rings. The number of morpholine rings is 1. The number of hydrogen-bond acceptors (Lipinski definition) is 6. The van der Waals surface area contributed by atoms with E-state index in [0.29, 0.717) is 17.2 Å². The monoisotopic (exact) mass is 366 g/mol. The predicted molar refractivity (Wildman–Crippen MR) is 105 cm³/mol. The number of pyridine rings is 1. The molecule has 2 heterocycles. The largest absolute Gasteiger partial charge is 0.507 e. The maximum Gasteiger partial charge on any atom is 0.128 e. The van der Waals surface area contributed by atoms with Gasteiger partial charge in [0.05, 0.1) is 38.6 Å². The molecule has 0 amide bonds. The van der Waals surface area contributed by atoms with E-state index < -0.39 is 0 Å². The Kier molecular flexibility index (Phi) is 4.73. The van der Waals surface area contributed by atoms with Crippen LogP contribution in [0.4, 0.5) is 5.69 Å². The Morgan fingerprint density at radius 1 is 1.00 bits per heavy atom. The summed E-state index contributed by atoms with van der Waals surface area (Å²) in [5, 5.41) is 11.4. The Balaban J connectivity index is 1.78. The number of ether oxygens (including phenoxy) is 3. The van der Waals surface area contributed by atoms with Gasteiger partial charge in [0, 0.05) is 35.8 Å². The summed E-state index contributed by atoms with van der Waals surface area (Å²) < 4.78 is 16.2. The number of aromatic hydroxyl groups is 1. The van der Waals surface area contributed by atoms with Crippen molar-refractivity contribution in [3.8, 4) is 28.5 Å². The third-order valence-corrected chi connectivity index (χ3v) is 4.83. The number of rotatable bonds is 4. The van der Waals surface area contributed by atoms with Crippen molar-refractivity contribution in [3.05, 3.63) is 42.5 Å². The molecule has 2 aromatic carbocycles.